The summed E-state index contributed by atoms with van der Waals surface area (Å²) in [6.07, 6.45) is 10.0. The van der Waals surface area contributed by atoms with Crippen LogP contribution in [0.2, 0.25) is 0 Å². The zero-order valence-corrected chi connectivity index (χ0v) is 13.3. The van der Waals surface area contributed by atoms with Gasteiger partial charge in [0.15, 0.2) is 0 Å². The van der Waals surface area contributed by atoms with E-state index in [0.29, 0.717) is 0 Å². The first kappa shape index (κ1) is 15.3. The van der Waals surface area contributed by atoms with Crippen LogP contribution in [-0.4, -0.2) is 36.6 Å². The van der Waals surface area contributed by atoms with E-state index in [0.717, 1.165) is 30.5 Å². The molecule has 0 aromatic carbocycles. The van der Waals surface area contributed by atoms with E-state index < -0.39 is 0 Å². The molecule has 2 atom stereocenters. The molecule has 0 saturated heterocycles. The lowest BCUT2D eigenvalue weighted by molar-refractivity contribution is 0.157. The molecule has 0 aliphatic heterocycles. The maximum atomic E-state index is 3.74. The van der Waals surface area contributed by atoms with Gasteiger partial charge in [-0.15, -0.1) is 0 Å². The van der Waals surface area contributed by atoms with Crippen LogP contribution in [0.1, 0.15) is 65.7 Å². The molecule has 2 aliphatic carbocycles. The average Bonchev–Trinajstić information content (AvgIpc) is 3.21. The molecule has 19 heavy (non-hydrogen) atoms. The van der Waals surface area contributed by atoms with E-state index in [1.54, 1.807) is 0 Å². The Bertz CT molecular complexity index is 246. The van der Waals surface area contributed by atoms with Crippen LogP contribution < -0.4 is 5.32 Å². The molecule has 112 valence electrons. The van der Waals surface area contributed by atoms with Crippen molar-refractivity contribution in [2.75, 3.05) is 19.6 Å². The molecule has 2 saturated carbocycles. The Balaban J connectivity index is 1.83. The zero-order chi connectivity index (χ0) is 13.7. The standard InChI is InChI=1S/C17H34N2/c1-4-18-17-8-6-5-7-15(17)13-19(16-9-10-16)12-11-14(2)3/h14-18H,4-13H2,1-3H3. The van der Waals surface area contributed by atoms with Crippen molar-refractivity contribution in [1.82, 2.24) is 10.2 Å². The summed E-state index contributed by atoms with van der Waals surface area (Å²) in [7, 11) is 0. The monoisotopic (exact) mass is 266 g/mol. The predicted octanol–water partition coefficient (Wildman–Crippen LogP) is 3.67. The molecule has 2 aliphatic rings. The SMILES string of the molecule is CCNC1CCCCC1CN(CCC(C)C)C1CC1. The summed E-state index contributed by atoms with van der Waals surface area (Å²) in [4.78, 5) is 2.82. The summed E-state index contributed by atoms with van der Waals surface area (Å²) in [5.41, 5.74) is 0. The highest BCUT2D eigenvalue weighted by atomic mass is 15.2. The van der Waals surface area contributed by atoms with Crippen LogP contribution >= 0.6 is 0 Å². The second kappa shape index (κ2) is 7.64. The Hall–Kier alpha value is -0.0800. The van der Waals surface area contributed by atoms with Crippen molar-refractivity contribution in [3.05, 3.63) is 0 Å². The van der Waals surface area contributed by atoms with Crippen molar-refractivity contribution in [3.63, 3.8) is 0 Å². The molecule has 0 bridgehead atoms. The first-order chi connectivity index (χ1) is 9.20. The largest absolute Gasteiger partial charge is 0.314 e. The van der Waals surface area contributed by atoms with Gasteiger partial charge in [-0.2, -0.15) is 0 Å². The van der Waals surface area contributed by atoms with Crippen LogP contribution in [0.4, 0.5) is 0 Å². The van der Waals surface area contributed by atoms with Crippen molar-refractivity contribution in [2.45, 2.75) is 77.8 Å². The van der Waals surface area contributed by atoms with Crippen LogP contribution in [0.15, 0.2) is 0 Å². The van der Waals surface area contributed by atoms with Gasteiger partial charge in [0.2, 0.25) is 0 Å². The second-order valence-corrected chi connectivity index (χ2v) is 7.12. The number of rotatable bonds is 8. The summed E-state index contributed by atoms with van der Waals surface area (Å²) in [6.45, 7) is 10.8. The van der Waals surface area contributed by atoms with Gasteiger partial charge in [-0.25, -0.2) is 0 Å². The number of nitrogens with one attached hydrogen (secondary N) is 1. The molecule has 2 rings (SSSR count). The quantitative estimate of drug-likeness (QED) is 0.721. The fourth-order valence-electron chi connectivity index (χ4n) is 3.54. The normalized spacial score (nSPS) is 28.3. The van der Waals surface area contributed by atoms with E-state index in [4.69, 9.17) is 0 Å². The van der Waals surface area contributed by atoms with E-state index >= 15 is 0 Å². The highest BCUT2D eigenvalue weighted by molar-refractivity contribution is 4.89. The molecule has 2 unspecified atom stereocenters. The summed E-state index contributed by atoms with van der Waals surface area (Å²) < 4.78 is 0. The van der Waals surface area contributed by atoms with E-state index in [9.17, 15) is 0 Å². The van der Waals surface area contributed by atoms with Crippen LogP contribution in [0.5, 0.6) is 0 Å². The zero-order valence-electron chi connectivity index (χ0n) is 13.3. The third-order valence-electron chi connectivity index (χ3n) is 4.90. The van der Waals surface area contributed by atoms with Crippen LogP contribution in [0, 0.1) is 11.8 Å². The van der Waals surface area contributed by atoms with Gasteiger partial charge in [0.25, 0.3) is 0 Å². The summed E-state index contributed by atoms with van der Waals surface area (Å²) in [6, 6.07) is 1.72. The highest BCUT2D eigenvalue weighted by Gasteiger charge is 2.33. The maximum Gasteiger partial charge on any atom is 0.0107 e. The van der Waals surface area contributed by atoms with Gasteiger partial charge in [-0.05, 0) is 57.0 Å². The van der Waals surface area contributed by atoms with Gasteiger partial charge in [0.1, 0.15) is 0 Å². The van der Waals surface area contributed by atoms with E-state index in [1.165, 1.54) is 58.0 Å². The minimum absolute atomic E-state index is 0.791. The molecule has 0 spiro atoms. The van der Waals surface area contributed by atoms with Gasteiger partial charge in [-0.3, -0.25) is 0 Å². The molecular weight excluding hydrogens is 232 g/mol. The lowest BCUT2D eigenvalue weighted by Gasteiger charge is -2.36. The minimum Gasteiger partial charge on any atom is -0.314 e. The van der Waals surface area contributed by atoms with Crippen molar-refractivity contribution in [2.24, 2.45) is 11.8 Å². The Morgan fingerprint density at radius 1 is 1.11 bits per heavy atom. The molecule has 2 fully saturated rings. The number of nitrogens with zero attached hydrogens (tertiary/aromatic N) is 1. The Kier molecular flexibility index (Phi) is 6.15. The molecule has 2 heteroatoms. The highest BCUT2D eigenvalue weighted by Crippen LogP contribution is 2.32. The summed E-state index contributed by atoms with van der Waals surface area (Å²) in [5, 5.41) is 3.74. The minimum atomic E-state index is 0.791. The molecular formula is C17H34N2. The van der Waals surface area contributed by atoms with E-state index in [2.05, 4.69) is 31.0 Å². The van der Waals surface area contributed by atoms with Crippen LogP contribution in [0.3, 0.4) is 0 Å². The molecule has 0 amide bonds. The summed E-state index contributed by atoms with van der Waals surface area (Å²) in [5.74, 6) is 1.75. The Morgan fingerprint density at radius 3 is 2.47 bits per heavy atom. The smallest absolute Gasteiger partial charge is 0.0107 e. The fourth-order valence-corrected chi connectivity index (χ4v) is 3.54. The van der Waals surface area contributed by atoms with E-state index in [1.807, 2.05) is 0 Å². The average molecular weight is 266 g/mol. The van der Waals surface area contributed by atoms with Gasteiger partial charge < -0.3 is 10.2 Å². The van der Waals surface area contributed by atoms with Crippen molar-refractivity contribution < 1.29 is 0 Å². The number of hydrogen-bond acceptors (Lipinski definition) is 2. The molecule has 2 nitrogen and oxygen atoms in total. The van der Waals surface area contributed by atoms with Crippen molar-refractivity contribution in [1.29, 1.82) is 0 Å². The molecule has 0 heterocycles. The first-order valence-electron chi connectivity index (χ1n) is 8.68. The third kappa shape index (κ3) is 5.07. The van der Waals surface area contributed by atoms with Crippen LogP contribution in [0.25, 0.3) is 0 Å². The van der Waals surface area contributed by atoms with Gasteiger partial charge >= 0.3 is 0 Å². The van der Waals surface area contributed by atoms with E-state index in [-0.39, 0.29) is 0 Å². The van der Waals surface area contributed by atoms with Crippen molar-refractivity contribution in [3.8, 4) is 0 Å². The van der Waals surface area contributed by atoms with Gasteiger partial charge in [0, 0.05) is 18.6 Å². The molecule has 1 N–H and O–H groups in total. The van der Waals surface area contributed by atoms with Gasteiger partial charge in [0.05, 0.1) is 0 Å². The molecule has 0 aromatic rings. The Labute approximate surface area is 120 Å². The maximum absolute atomic E-state index is 3.74. The second-order valence-electron chi connectivity index (χ2n) is 7.12. The fraction of sp³-hybridized carbons (Fsp3) is 1.00. The Morgan fingerprint density at radius 2 is 1.84 bits per heavy atom. The lowest BCUT2D eigenvalue weighted by atomic mass is 9.84. The number of hydrogen-bond donors (Lipinski definition) is 1. The third-order valence-corrected chi connectivity index (χ3v) is 4.90. The van der Waals surface area contributed by atoms with Crippen molar-refractivity contribution >= 4 is 0 Å². The topological polar surface area (TPSA) is 15.3 Å². The lowest BCUT2D eigenvalue weighted by Crippen LogP contribution is -2.45. The predicted molar refractivity (Wildman–Crippen MR) is 83.5 cm³/mol. The first-order valence-corrected chi connectivity index (χ1v) is 8.68. The molecule has 0 radical (unpaired) electrons. The van der Waals surface area contributed by atoms with Gasteiger partial charge in [-0.1, -0.05) is 33.6 Å². The van der Waals surface area contributed by atoms with Crippen LogP contribution in [-0.2, 0) is 0 Å². The molecule has 0 aromatic heterocycles. The summed E-state index contributed by atoms with van der Waals surface area (Å²) >= 11 is 0.